The average molecular weight is 118 g/mol. The Bertz CT molecular complexity index is 13.5. The molecule has 6 heavy (non-hydrogen) atoms. The van der Waals surface area contributed by atoms with Gasteiger partial charge < -0.3 is 10.2 Å². The maximum absolute atomic E-state index is 7.62. The van der Waals surface area contributed by atoms with Crippen LogP contribution in [-0.2, 0) is 0 Å². The maximum atomic E-state index is 7.62. The Morgan fingerprint density at radius 1 is 1.00 bits per heavy atom. The van der Waals surface area contributed by atoms with Crippen LogP contribution in [0.5, 0.6) is 0 Å². The molecule has 0 saturated carbocycles. The first-order valence-corrected chi connectivity index (χ1v) is 1.13. The SMILES string of the molecule is OCCO.[AlH3].[MgH2]. The molecule has 0 aromatic carbocycles. The van der Waals surface area contributed by atoms with Gasteiger partial charge in [0.15, 0.2) is 17.4 Å². The maximum Gasteiger partial charge on any atom is 0.316 e. The normalized spacial score (nSPS) is 5.00. The van der Waals surface area contributed by atoms with E-state index in [0.717, 1.165) is 0 Å². The summed E-state index contributed by atoms with van der Waals surface area (Å²) in [5.74, 6) is 0. The van der Waals surface area contributed by atoms with Crippen molar-refractivity contribution >= 4 is 40.4 Å². The molecule has 0 unspecified atom stereocenters. The Morgan fingerprint density at radius 2 is 1.17 bits per heavy atom. The number of aliphatic hydroxyl groups is 2. The van der Waals surface area contributed by atoms with Crippen LogP contribution in [0.25, 0.3) is 0 Å². The summed E-state index contributed by atoms with van der Waals surface area (Å²) in [5, 5.41) is 15.2. The molecular formula is C2H11AlMgO2. The molecule has 0 atom stereocenters. The van der Waals surface area contributed by atoms with E-state index in [-0.39, 0.29) is 53.6 Å². The molecule has 2 nitrogen and oxygen atoms in total. The predicted octanol–water partition coefficient (Wildman–Crippen LogP) is -3.13. The minimum absolute atomic E-state index is 0. The number of hydrogen-bond donors (Lipinski definition) is 2. The van der Waals surface area contributed by atoms with Crippen molar-refractivity contribution in [3.63, 3.8) is 0 Å². The van der Waals surface area contributed by atoms with Crippen LogP contribution >= 0.6 is 0 Å². The van der Waals surface area contributed by atoms with Crippen LogP contribution in [-0.4, -0.2) is 63.8 Å². The molecule has 0 aliphatic carbocycles. The zero-order valence-electron chi connectivity index (χ0n) is 2.31. The van der Waals surface area contributed by atoms with Gasteiger partial charge in [0.25, 0.3) is 0 Å². The Balaban J connectivity index is -0.0000000450. The third-order valence-electron chi connectivity index (χ3n) is 0.1000. The molecule has 0 radical (unpaired) electrons. The van der Waals surface area contributed by atoms with E-state index in [1.807, 2.05) is 0 Å². The summed E-state index contributed by atoms with van der Waals surface area (Å²) in [6, 6.07) is 0. The second kappa shape index (κ2) is 16.3. The molecule has 0 rings (SSSR count). The summed E-state index contributed by atoms with van der Waals surface area (Å²) in [7, 11) is 0. The first-order chi connectivity index (χ1) is 1.91. The summed E-state index contributed by atoms with van der Waals surface area (Å²) in [5.41, 5.74) is 0. The van der Waals surface area contributed by atoms with Crippen LogP contribution in [0.3, 0.4) is 0 Å². The van der Waals surface area contributed by atoms with Crippen LogP contribution in [0.4, 0.5) is 0 Å². The van der Waals surface area contributed by atoms with Crippen molar-refractivity contribution in [2.75, 3.05) is 13.2 Å². The van der Waals surface area contributed by atoms with E-state index in [2.05, 4.69) is 0 Å². The van der Waals surface area contributed by atoms with Crippen LogP contribution in [0.2, 0.25) is 0 Å². The molecule has 0 aliphatic rings. The number of rotatable bonds is 1. The van der Waals surface area contributed by atoms with Gasteiger partial charge in [-0.2, -0.15) is 0 Å². The van der Waals surface area contributed by atoms with E-state index >= 15 is 0 Å². The van der Waals surface area contributed by atoms with Crippen molar-refractivity contribution in [1.29, 1.82) is 0 Å². The van der Waals surface area contributed by atoms with Crippen LogP contribution in [0.1, 0.15) is 0 Å². The summed E-state index contributed by atoms with van der Waals surface area (Å²) >= 11 is 0. The lowest BCUT2D eigenvalue weighted by atomic mass is 10.8. The van der Waals surface area contributed by atoms with Gasteiger partial charge in [-0.05, 0) is 0 Å². The van der Waals surface area contributed by atoms with Gasteiger partial charge in [0.05, 0.1) is 13.2 Å². The first-order valence-electron chi connectivity index (χ1n) is 1.13. The lowest BCUT2D eigenvalue weighted by Crippen LogP contribution is -1.85. The van der Waals surface area contributed by atoms with E-state index < -0.39 is 0 Å². The summed E-state index contributed by atoms with van der Waals surface area (Å²) in [4.78, 5) is 0. The summed E-state index contributed by atoms with van der Waals surface area (Å²) in [6.45, 7) is -0.250. The van der Waals surface area contributed by atoms with E-state index in [1.54, 1.807) is 0 Å². The summed E-state index contributed by atoms with van der Waals surface area (Å²) < 4.78 is 0. The molecule has 0 amide bonds. The average Bonchev–Trinajstić information content (AvgIpc) is 1.37. The van der Waals surface area contributed by atoms with Crippen molar-refractivity contribution < 1.29 is 10.2 Å². The first kappa shape index (κ1) is 15.7. The van der Waals surface area contributed by atoms with Gasteiger partial charge in [0, 0.05) is 0 Å². The van der Waals surface area contributed by atoms with Crippen LogP contribution in [0, 0.1) is 0 Å². The van der Waals surface area contributed by atoms with Gasteiger partial charge in [-0.3, -0.25) is 0 Å². The minimum atomic E-state index is -0.125. The minimum Gasteiger partial charge on any atom is -0.394 e. The van der Waals surface area contributed by atoms with Crippen molar-refractivity contribution in [2.45, 2.75) is 0 Å². The second-order valence-corrected chi connectivity index (χ2v) is 0.447. The Labute approximate surface area is 63.8 Å². The van der Waals surface area contributed by atoms with Crippen molar-refractivity contribution in [2.24, 2.45) is 0 Å². The standard InChI is InChI=1S/C2H6O2.Al.Mg.5H/c3-1-2-4;;;;;;;/h3-4H,1-2H2;;;;;;;. The molecule has 4 heteroatoms. The molecule has 0 bridgehead atoms. The highest BCUT2D eigenvalue weighted by molar-refractivity contribution is 5.76. The summed E-state index contributed by atoms with van der Waals surface area (Å²) in [6.07, 6.45) is 0. The molecule has 0 aromatic rings. The van der Waals surface area contributed by atoms with E-state index in [9.17, 15) is 0 Å². The fourth-order valence-corrected chi connectivity index (χ4v) is 0. The van der Waals surface area contributed by atoms with Gasteiger partial charge in [-0.25, -0.2) is 0 Å². The van der Waals surface area contributed by atoms with Crippen molar-refractivity contribution in [3.8, 4) is 0 Å². The molecule has 0 spiro atoms. The van der Waals surface area contributed by atoms with Gasteiger partial charge in [-0.15, -0.1) is 0 Å². The largest absolute Gasteiger partial charge is 0.394 e. The highest BCUT2D eigenvalue weighted by Crippen LogP contribution is 1.39. The molecule has 0 fully saturated rings. The zero-order valence-corrected chi connectivity index (χ0v) is 2.31. The quantitative estimate of drug-likeness (QED) is 0.358. The molecule has 0 saturated heterocycles. The molecule has 0 aliphatic heterocycles. The molecular weight excluding hydrogens is 107 g/mol. The molecule has 0 heterocycles. The van der Waals surface area contributed by atoms with Gasteiger partial charge >= 0.3 is 23.1 Å². The number of hydrogen-bond acceptors (Lipinski definition) is 2. The van der Waals surface area contributed by atoms with Gasteiger partial charge in [-0.1, -0.05) is 0 Å². The Kier molecular flexibility index (Phi) is 42.7. The van der Waals surface area contributed by atoms with E-state index in [0.29, 0.717) is 0 Å². The highest BCUT2D eigenvalue weighted by Gasteiger charge is 1.58. The molecule has 2 N–H and O–H groups in total. The van der Waals surface area contributed by atoms with Crippen molar-refractivity contribution in [3.05, 3.63) is 0 Å². The van der Waals surface area contributed by atoms with Crippen molar-refractivity contribution in [1.82, 2.24) is 0 Å². The highest BCUT2D eigenvalue weighted by atomic mass is 27.0. The fraction of sp³-hybridized carbons (Fsp3) is 1.00. The lowest BCUT2D eigenvalue weighted by Gasteiger charge is -1.70. The third-order valence-corrected chi connectivity index (χ3v) is 0.1000. The number of aliphatic hydroxyl groups excluding tert-OH is 2. The topological polar surface area (TPSA) is 40.5 Å². The van der Waals surface area contributed by atoms with Gasteiger partial charge in [0.2, 0.25) is 0 Å². The molecule has 36 valence electrons. The third kappa shape index (κ3) is 18.9. The lowest BCUT2D eigenvalue weighted by molar-refractivity contribution is 0.186. The monoisotopic (exact) mass is 118 g/mol. The Hall–Kier alpha value is 1.22. The van der Waals surface area contributed by atoms with Crippen LogP contribution < -0.4 is 0 Å². The van der Waals surface area contributed by atoms with Gasteiger partial charge in [0.1, 0.15) is 0 Å². The second-order valence-electron chi connectivity index (χ2n) is 0.447. The van der Waals surface area contributed by atoms with E-state index in [4.69, 9.17) is 10.2 Å². The zero-order chi connectivity index (χ0) is 3.41. The Morgan fingerprint density at radius 3 is 1.17 bits per heavy atom. The van der Waals surface area contributed by atoms with E-state index in [1.165, 1.54) is 0 Å². The van der Waals surface area contributed by atoms with Crippen LogP contribution in [0.15, 0.2) is 0 Å². The fourth-order valence-electron chi connectivity index (χ4n) is 0. The predicted molar refractivity (Wildman–Crippen MR) is 32.7 cm³/mol. The smallest absolute Gasteiger partial charge is 0.316 e. The molecule has 0 aromatic heterocycles.